The van der Waals surface area contributed by atoms with Crippen LogP contribution in [0.25, 0.3) is 11.1 Å². The summed E-state index contributed by atoms with van der Waals surface area (Å²) in [6.45, 7) is 0. The van der Waals surface area contributed by atoms with E-state index >= 15 is 8.78 Å². The second-order valence-electron chi connectivity index (χ2n) is 7.77. The highest BCUT2D eigenvalue weighted by molar-refractivity contribution is 7.88. The van der Waals surface area contributed by atoms with E-state index in [1.807, 2.05) is 0 Å². The van der Waals surface area contributed by atoms with Crippen molar-refractivity contribution in [3.8, 4) is 11.1 Å². The van der Waals surface area contributed by atoms with Gasteiger partial charge in [-0.2, -0.15) is 0 Å². The highest BCUT2D eigenvalue weighted by Gasteiger charge is 2.58. The van der Waals surface area contributed by atoms with Crippen LogP contribution in [0.4, 0.5) is 8.78 Å². The fourth-order valence-corrected chi connectivity index (χ4v) is 5.37. The lowest BCUT2D eigenvalue weighted by Crippen LogP contribution is -2.75. The second-order valence-corrected chi connectivity index (χ2v) is 9.99. The molecule has 2 bridgehead atoms. The van der Waals surface area contributed by atoms with Gasteiger partial charge in [0.25, 0.3) is 0 Å². The molecule has 2 saturated heterocycles. The zero-order valence-corrected chi connectivity index (χ0v) is 18.1. The molecule has 3 fully saturated rings. The van der Waals surface area contributed by atoms with E-state index in [1.165, 1.54) is 0 Å². The number of hydrogen-bond donors (Lipinski definition) is 2. The van der Waals surface area contributed by atoms with Crippen molar-refractivity contribution >= 4 is 34.0 Å². The third-order valence-electron chi connectivity index (χ3n) is 5.58. The number of sulfonamides is 1. The monoisotopic (exact) mass is 462 g/mol. The minimum absolute atomic E-state index is 0. The molecule has 2 heterocycles. The maximum Gasteiger partial charge on any atom is 0.209 e. The van der Waals surface area contributed by atoms with Gasteiger partial charge < -0.3 is 5.32 Å². The van der Waals surface area contributed by atoms with Gasteiger partial charge in [0.15, 0.2) is 0 Å². The quantitative estimate of drug-likeness (QED) is 0.708. The van der Waals surface area contributed by atoms with Crippen molar-refractivity contribution in [2.45, 2.75) is 43.1 Å². The first-order valence-corrected chi connectivity index (χ1v) is 11.4. The third-order valence-corrected chi connectivity index (χ3v) is 6.49. The fraction of sp³-hybridized carbons (Fsp3) is 0.400. The van der Waals surface area contributed by atoms with Gasteiger partial charge in [-0.05, 0) is 42.5 Å². The second kappa shape index (κ2) is 8.12. The van der Waals surface area contributed by atoms with Gasteiger partial charge in [0.05, 0.1) is 12.3 Å². The van der Waals surface area contributed by atoms with E-state index in [0.717, 1.165) is 6.26 Å². The Morgan fingerprint density at radius 2 is 1.93 bits per heavy atom. The van der Waals surface area contributed by atoms with Crippen molar-refractivity contribution < 1.29 is 17.2 Å². The summed E-state index contributed by atoms with van der Waals surface area (Å²) in [5.41, 5.74) is -0.132. The lowest BCUT2D eigenvalue weighted by atomic mass is 9.65. The molecule has 2 aromatic carbocycles. The number of halogens is 4. The maximum atomic E-state index is 15.2. The lowest BCUT2D eigenvalue weighted by Gasteiger charge is -2.55. The van der Waals surface area contributed by atoms with E-state index in [4.69, 9.17) is 11.6 Å². The molecule has 0 unspecified atom stereocenters. The zero-order valence-electron chi connectivity index (χ0n) is 15.7. The Morgan fingerprint density at radius 3 is 2.59 bits per heavy atom. The molecular weight excluding hydrogens is 441 g/mol. The van der Waals surface area contributed by atoms with Crippen LogP contribution in [-0.4, -0.2) is 38.5 Å². The van der Waals surface area contributed by atoms with Crippen LogP contribution in [0.2, 0.25) is 5.02 Å². The van der Waals surface area contributed by atoms with Crippen LogP contribution >= 0.6 is 24.0 Å². The third kappa shape index (κ3) is 4.59. The number of nitrogens with one attached hydrogen (secondary N) is 2. The molecule has 4 nitrogen and oxygen atoms in total. The number of piperidine rings is 2. The van der Waals surface area contributed by atoms with Gasteiger partial charge in [-0.15, -0.1) is 12.4 Å². The largest absolute Gasteiger partial charge is 0.309 e. The summed E-state index contributed by atoms with van der Waals surface area (Å²) < 4.78 is 56.2. The standard InChI is InChI=1S/C20H21ClF2N2O2S.ClH/c1-28(26,27)25-19-17(24-15-10-20(19,23)11-15)9-13-5-3-7-16(18(13)22)12-4-2-6-14(21)8-12;/h2-8,15,17,19,24-25H,9-11H2,1H3;1H/t15?,17-,19+,20?;/m0./s1. The Labute approximate surface area is 180 Å². The topological polar surface area (TPSA) is 58.2 Å². The molecule has 9 heteroatoms. The molecule has 3 aliphatic rings. The van der Waals surface area contributed by atoms with Crippen LogP contribution < -0.4 is 10.0 Å². The Kier molecular flexibility index (Phi) is 6.28. The molecule has 5 rings (SSSR count). The smallest absolute Gasteiger partial charge is 0.209 e. The summed E-state index contributed by atoms with van der Waals surface area (Å²) in [6, 6.07) is 10.5. The summed E-state index contributed by atoms with van der Waals surface area (Å²) in [6.07, 6.45) is 1.72. The number of fused-ring (bicyclic) bond motifs is 2. The van der Waals surface area contributed by atoms with Gasteiger partial charge in [-0.3, -0.25) is 0 Å². The summed E-state index contributed by atoms with van der Waals surface area (Å²) in [5, 5.41) is 3.78. The lowest BCUT2D eigenvalue weighted by molar-refractivity contribution is -0.0567. The highest BCUT2D eigenvalue weighted by Crippen LogP contribution is 2.45. The van der Waals surface area contributed by atoms with Gasteiger partial charge in [-0.1, -0.05) is 41.9 Å². The fourth-order valence-electron chi connectivity index (χ4n) is 4.34. The van der Waals surface area contributed by atoms with Crippen molar-refractivity contribution in [2.75, 3.05) is 6.26 Å². The van der Waals surface area contributed by atoms with Crippen LogP contribution in [0, 0.1) is 5.82 Å². The van der Waals surface area contributed by atoms with Crippen molar-refractivity contribution in [1.29, 1.82) is 0 Å². The average molecular weight is 463 g/mol. The summed E-state index contributed by atoms with van der Waals surface area (Å²) in [7, 11) is -3.60. The SMILES string of the molecule is CS(=O)(=O)N[C@@H]1[C@H](Cc2cccc(-c3cccc(Cl)c3)c2F)NC2CC1(F)C2.Cl. The van der Waals surface area contributed by atoms with Crippen molar-refractivity contribution in [3.63, 3.8) is 0 Å². The Balaban J connectivity index is 0.00000240. The molecule has 2 aromatic rings. The predicted molar refractivity (Wildman–Crippen MR) is 113 cm³/mol. The average Bonchev–Trinajstić information content (AvgIpc) is 2.57. The predicted octanol–water partition coefficient (Wildman–Crippen LogP) is 3.87. The first kappa shape index (κ1) is 22.4. The normalized spacial score (nSPS) is 28.3. The van der Waals surface area contributed by atoms with E-state index in [9.17, 15) is 8.42 Å². The first-order valence-electron chi connectivity index (χ1n) is 9.10. The zero-order chi connectivity index (χ0) is 20.1. The molecule has 1 aliphatic carbocycles. The van der Waals surface area contributed by atoms with Gasteiger partial charge in [0.2, 0.25) is 10.0 Å². The van der Waals surface area contributed by atoms with Gasteiger partial charge in [0.1, 0.15) is 11.5 Å². The summed E-state index contributed by atoms with van der Waals surface area (Å²) in [4.78, 5) is 0. The molecule has 2 aliphatic heterocycles. The Bertz CT molecular complexity index is 1010. The van der Waals surface area contributed by atoms with Crippen molar-refractivity contribution in [3.05, 3.63) is 58.9 Å². The van der Waals surface area contributed by atoms with E-state index in [-0.39, 0.29) is 37.7 Å². The van der Waals surface area contributed by atoms with E-state index < -0.39 is 33.6 Å². The molecule has 158 valence electrons. The Hall–Kier alpha value is -1.25. The number of rotatable bonds is 5. The molecule has 0 radical (unpaired) electrons. The van der Waals surface area contributed by atoms with Gasteiger partial charge >= 0.3 is 0 Å². The molecule has 2 N–H and O–H groups in total. The van der Waals surface area contributed by atoms with Gasteiger partial charge in [-0.25, -0.2) is 21.9 Å². The highest BCUT2D eigenvalue weighted by atomic mass is 35.5. The summed E-state index contributed by atoms with van der Waals surface area (Å²) in [5.74, 6) is -0.406. The summed E-state index contributed by atoms with van der Waals surface area (Å²) >= 11 is 6.02. The molecule has 0 aromatic heterocycles. The molecule has 29 heavy (non-hydrogen) atoms. The minimum Gasteiger partial charge on any atom is -0.309 e. The Morgan fingerprint density at radius 1 is 1.24 bits per heavy atom. The van der Waals surface area contributed by atoms with Crippen LogP contribution in [0.3, 0.4) is 0 Å². The van der Waals surface area contributed by atoms with Crippen LogP contribution in [0.15, 0.2) is 42.5 Å². The van der Waals surface area contributed by atoms with Crippen LogP contribution in [0.1, 0.15) is 18.4 Å². The van der Waals surface area contributed by atoms with Crippen LogP contribution in [0.5, 0.6) is 0 Å². The van der Waals surface area contributed by atoms with E-state index in [0.29, 0.717) is 21.7 Å². The molecule has 0 spiro atoms. The maximum absolute atomic E-state index is 15.2. The first-order chi connectivity index (χ1) is 13.1. The van der Waals surface area contributed by atoms with Gasteiger partial charge in [0, 0.05) is 22.7 Å². The number of alkyl halides is 1. The van der Waals surface area contributed by atoms with Crippen molar-refractivity contribution in [2.24, 2.45) is 0 Å². The molecule has 2 atom stereocenters. The molecule has 1 saturated carbocycles. The number of benzene rings is 2. The minimum atomic E-state index is -3.60. The molecular formula is C20H22Cl2F2N2O2S. The molecule has 0 amide bonds. The number of hydrogen-bond acceptors (Lipinski definition) is 3. The van der Waals surface area contributed by atoms with Crippen molar-refractivity contribution in [1.82, 2.24) is 10.0 Å². The van der Waals surface area contributed by atoms with E-state index in [1.54, 1.807) is 42.5 Å². The van der Waals surface area contributed by atoms with Crippen LogP contribution in [-0.2, 0) is 16.4 Å². The van der Waals surface area contributed by atoms with E-state index in [2.05, 4.69) is 10.0 Å².